The van der Waals surface area contributed by atoms with Gasteiger partial charge in [-0.3, -0.25) is 0 Å². The van der Waals surface area contributed by atoms with Crippen LogP contribution in [0.3, 0.4) is 0 Å². The Balaban J connectivity index is 0.00000256. The lowest BCUT2D eigenvalue weighted by Gasteiger charge is -2.23. The highest BCUT2D eigenvalue weighted by atomic mass is 35.5. The summed E-state index contributed by atoms with van der Waals surface area (Å²) in [4.78, 5) is 0.179. The first-order chi connectivity index (χ1) is 7.27. The topological polar surface area (TPSA) is 72.2 Å². The molecule has 0 bridgehead atoms. The number of nitrogens with one attached hydrogen (secondary N) is 1. The Morgan fingerprint density at radius 2 is 1.76 bits per heavy atom. The van der Waals surface area contributed by atoms with Crippen molar-refractivity contribution in [2.24, 2.45) is 5.73 Å². The van der Waals surface area contributed by atoms with E-state index in [-0.39, 0.29) is 23.8 Å². The third kappa shape index (κ3) is 4.81. The summed E-state index contributed by atoms with van der Waals surface area (Å²) in [6.45, 7) is 3.67. The Bertz CT molecular complexity index is 458. The molecule has 1 aromatic carbocycles. The molecule has 0 heterocycles. The second kappa shape index (κ2) is 6.02. The quantitative estimate of drug-likeness (QED) is 0.890. The molecule has 7 heteroatoms. The molecule has 0 radical (unpaired) electrons. The average Bonchev–Trinajstić information content (AvgIpc) is 2.17. The lowest BCUT2D eigenvalue weighted by Crippen LogP contribution is -2.48. The maximum Gasteiger partial charge on any atom is 0.241 e. The number of halogens is 2. The predicted molar refractivity (Wildman–Crippen MR) is 72.2 cm³/mol. The molecule has 0 spiro atoms. The highest BCUT2D eigenvalue weighted by molar-refractivity contribution is 7.89. The Hall–Kier alpha value is -0.330. The smallest absolute Gasteiger partial charge is 0.241 e. The van der Waals surface area contributed by atoms with Gasteiger partial charge in [-0.2, -0.15) is 0 Å². The van der Waals surface area contributed by atoms with E-state index >= 15 is 0 Å². The molecule has 0 aliphatic carbocycles. The normalized spacial score (nSPS) is 12.0. The number of nitrogens with two attached hydrogens (primary N) is 1. The highest BCUT2D eigenvalue weighted by Gasteiger charge is 2.24. The van der Waals surface area contributed by atoms with Crippen molar-refractivity contribution in [3.63, 3.8) is 0 Å². The molecule has 4 nitrogen and oxygen atoms in total. The van der Waals surface area contributed by atoms with Gasteiger partial charge in [0.25, 0.3) is 0 Å². The van der Waals surface area contributed by atoms with Crippen molar-refractivity contribution in [1.82, 2.24) is 4.72 Å². The molecule has 0 aliphatic rings. The van der Waals surface area contributed by atoms with Gasteiger partial charge >= 0.3 is 0 Å². The van der Waals surface area contributed by atoms with Crippen LogP contribution in [0.4, 0.5) is 0 Å². The third-order valence-electron chi connectivity index (χ3n) is 2.04. The summed E-state index contributed by atoms with van der Waals surface area (Å²) in [7, 11) is -3.54. The van der Waals surface area contributed by atoms with Crippen molar-refractivity contribution in [2.45, 2.75) is 24.3 Å². The SMILES string of the molecule is CC(C)(CN)NS(=O)(=O)c1ccc(Cl)cc1.Cl. The van der Waals surface area contributed by atoms with Crippen molar-refractivity contribution < 1.29 is 8.42 Å². The van der Waals surface area contributed by atoms with Gasteiger partial charge in [0.15, 0.2) is 0 Å². The van der Waals surface area contributed by atoms with Crippen molar-refractivity contribution in [3.8, 4) is 0 Å². The van der Waals surface area contributed by atoms with E-state index in [1.54, 1.807) is 13.8 Å². The van der Waals surface area contributed by atoms with Gasteiger partial charge in [0.1, 0.15) is 0 Å². The minimum absolute atomic E-state index is 0. The molecule has 0 aromatic heterocycles. The maximum absolute atomic E-state index is 11.9. The van der Waals surface area contributed by atoms with Crippen LogP contribution in [-0.2, 0) is 10.0 Å². The number of hydrogen-bond acceptors (Lipinski definition) is 3. The maximum atomic E-state index is 11.9. The Morgan fingerprint density at radius 1 is 1.29 bits per heavy atom. The summed E-state index contributed by atoms with van der Waals surface area (Å²) in [5.41, 5.74) is 4.80. The molecule has 0 unspecified atom stereocenters. The summed E-state index contributed by atoms with van der Waals surface area (Å²) in [5.74, 6) is 0. The molecule has 1 rings (SSSR count). The summed E-state index contributed by atoms with van der Waals surface area (Å²) < 4.78 is 26.3. The minimum atomic E-state index is -3.54. The van der Waals surface area contributed by atoms with Gasteiger partial charge in [-0.25, -0.2) is 13.1 Å². The van der Waals surface area contributed by atoms with Gasteiger partial charge in [0.05, 0.1) is 4.90 Å². The van der Waals surface area contributed by atoms with E-state index in [1.165, 1.54) is 24.3 Å². The lowest BCUT2D eigenvalue weighted by atomic mass is 10.1. The number of rotatable bonds is 4. The zero-order valence-corrected chi connectivity index (χ0v) is 12.0. The fraction of sp³-hybridized carbons (Fsp3) is 0.400. The standard InChI is InChI=1S/C10H15ClN2O2S.ClH/c1-10(2,7-12)13-16(14,15)9-5-3-8(11)4-6-9;/h3-6,13H,7,12H2,1-2H3;1H. The molecule has 0 fully saturated rings. The van der Waals surface area contributed by atoms with E-state index < -0.39 is 15.6 Å². The molecule has 1 aromatic rings. The van der Waals surface area contributed by atoms with Crippen molar-refractivity contribution in [3.05, 3.63) is 29.3 Å². The second-order valence-electron chi connectivity index (χ2n) is 4.15. The van der Waals surface area contributed by atoms with E-state index in [0.29, 0.717) is 5.02 Å². The summed E-state index contributed by atoms with van der Waals surface area (Å²) in [6.07, 6.45) is 0. The fourth-order valence-electron chi connectivity index (χ4n) is 1.08. The zero-order valence-electron chi connectivity index (χ0n) is 9.60. The molecule has 98 valence electrons. The molecule has 3 N–H and O–H groups in total. The van der Waals surface area contributed by atoms with Crippen LogP contribution in [-0.4, -0.2) is 20.5 Å². The first-order valence-electron chi connectivity index (χ1n) is 4.76. The second-order valence-corrected chi connectivity index (χ2v) is 6.27. The van der Waals surface area contributed by atoms with Crippen molar-refractivity contribution in [2.75, 3.05) is 6.54 Å². The number of sulfonamides is 1. The van der Waals surface area contributed by atoms with Crippen LogP contribution in [0.2, 0.25) is 5.02 Å². The monoisotopic (exact) mass is 298 g/mol. The largest absolute Gasteiger partial charge is 0.329 e. The summed E-state index contributed by atoms with van der Waals surface area (Å²) >= 11 is 5.69. The van der Waals surface area contributed by atoms with Gasteiger partial charge in [-0.15, -0.1) is 12.4 Å². The van der Waals surface area contributed by atoms with Crippen molar-refractivity contribution >= 4 is 34.0 Å². The predicted octanol–water partition coefficient (Wildman–Crippen LogP) is 1.78. The minimum Gasteiger partial charge on any atom is -0.329 e. The molecular formula is C10H16Cl2N2O2S. The lowest BCUT2D eigenvalue weighted by molar-refractivity contribution is 0.462. The van der Waals surface area contributed by atoms with Crippen LogP contribution in [0.5, 0.6) is 0 Å². The Labute approximate surface area is 113 Å². The van der Waals surface area contributed by atoms with E-state index in [2.05, 4.69) is 4.72 Å². The van der Waals surface area contributed by atoms with E-state index in [9.17, 15) is 8.42 Å². The highest BCUT2D eigenvalue weighted by Crippen LogP contribution is 2.15. The Kier molecular flexibility index (Phi) is 5.90. The van der Waals surface area contributed by atoms with Crippen LogP contribution in [0.15, 0.2) is 29.2 Å². The van der Waals surface area contributed by atoms with Gasteiger partial charge in [0.2, 0.25) is 10.0 Å². The Morgan fingerprint density at radius 3 is 2.18 bits per heavy atom. The van der Waals surface area contributed by atoms with E-state index in [4.69, 9.17) is 17.3 Å². The zero-order chi connectivity index (χ0) is 12.4. The van der Waals surface area contributed by atoms with Gasteiger partial charge in [-0.1, -0.05) is 11.6 Å². The molecule has 17 heavy (non-hydrogen) atoms. The van der Waals surface area contributed by atoms with Gasteiger partial charge < -0.3 is 5.73 Å². The fourth-order valence-corrected chi connectivity index (χ4v) is 2.63. The number of benzene rings is 1. The third-order valence-corrected chi connectivity index (χ3v) is 4.01. The molecule has 0 saturated heterocycles. The van der Waals surface area contributed by atoms with Crippen LogP contribution >= 0.6 is 24.0 Å². The molecule has 0 amide bonds. The first-order valence-corrected chi connectivity index (χ1v) is 6.62. The van der Waals surface area contributed by atoms with Crippen LogP contribution in [0, 0.1) is 0 Å². The van der Waals surface area contributed by atoms with E-state index in [1.807, 2.05) is 0 Å². The van der Waals surface area contributed by atoms with Crippen LogP contribution in [0.1, 0.15) is 13.8 Å². The van der Waals surface area contributed by atoms with Crippen molar-refractivity contribution in [1.29, 1.82) is 0 Å². The summed E-state index contributed by atoms with van der Waals surface area (Å²) in [5, 5.41) is 0.497. The van der Waals surface area contributed by atoms with Crippen LogP contribution < -0.4 is 10.5 Å². The molecule has 0 aliphatic heterocycles. The van der Waals surface area contributed by atoms with Crippen LogP contribution in [0.25, 0.3) is 0 Å². The van der Waals surface area contributed by atoms with E-state index in [0.717, 1.165) is 0 Å². The summed E-state index contributed by atoms with van der Waals surface area (Å²) in [6, 6.07) is 5.98. The van der Waals surface area contributed by atoms with Gasteiger partial charge in [0, 0.05) is 17.1 Å². The molecule has 0 atom stereocenters. The molecular weight excluding hydrogens is 283 g/mol. The average molecular weight is 299 g/mol. The number of hydrogen-bond donors (Lipinski definition) is 2. The first kappa shape index (κ1) is 16.7. The van der Waals surface area contributed by atoms with Gasteiger partial charge in [-0.05, 0) is 38.1 Å². The molecule has 0 saturated carbocycles.